The first kappa shape index (κ1) is 26.2. The molecule has 1 aliphatic heterocycles. The molecular formula is C19H40IN5O2. The molecule has 1 unspecified atom stereocenters. The average molecular weight is 497 g/mol. The van der Waals surface area contributed by atoms with Crippen LogP contribution < -0.4 is 10.6 Å². The van der Waals surface area contributed by atoms with Crippen molar-refractivity contribution in [2.75, 3.05) is 47.4 Å². The molecule has 0 saturated carbocycles. The van der Waals surface area contributed by atoms with Crippen LogP contribution in [0.2, 0.25) is 0 Å². The summed E-state index contributed by atoms with van der Waals surface area (Å²) < 4.78 is 5.08. The molecule has 0 radical (unpaired) electrons. The number of halogens is 1. The van der Waals surface area contributed by atoms with Crippen LogP contribution in [0.15, 0.2) is 4.99 Å². The molecule has 0 bridgehead atoms. The lowest BCUT2D eigenvalue weighted by Gasteiger charge is -2.34. The van der Waals surface area contributed by atoms with Crippen molar-refractivity contribution >= 4 is 36.0 Å². The van der Waals surface area contributed by atoms with Crippen molar-refractivity contribution in [1.29, 1.82) is 0 Å². The van der Waals surface area contributed by atoms with E-state index in [0.717, 1.165) is 38.4 Å². The molecule has 1 rings (SSSR count). The van der Waals surface area contributed by atoms with E-state index in [2.05, 4.69) is 48.5 Å². The van der Waals surface area contributed by atoms with Gasteiger partial charge < -0.3 is 25.2 Å². The Labute approximate surface area is 182 Å². The first-order valence-corrected chi connectivity index (χ1v) is 10.0. The molecular weight excluding hydrogens is 457 g/mol. The van der Waals surface area contributed by atoms with E-state index in [-0.39, 0.29) is 30.1 Å². The number of hydrogen-bond donors (Lipinski definition) is 2. The van der Waals surface area contributed by atoms with E-state index >= 15 is 0 Å². The van der Waals surface area contributed by atoms with E-state index in [1.54, 1.807) is 4.90 Å². The second kappa shape index (κ2) is 14.3. The third-order valence-corrected chi connectivity index (χ3v) is 5.32. The lowest BCUT2D eigenvalue weighted by atomic mass is 9.93. The van der Waals surface area contributed by atoms with Gasteiger partial charge in [-0.2, -0.15) is 0 Å². The summed E-state index contributed by atoms with van der Waals surface area (Å²) in [5.74, 6) is 1.51. The third kappa shape index (κ3) is 8.85. The number of likely N-dealkylation sites (tertiary alicyclic amines) is 1. The molecule has 1 atom stereocenters. The molecule has 2 N–H and O–H groups in total. The van der Waals surface area contributed by atoms with Crippen molar-refractivity contribution in [1.82, 2.24) is 20.4 Å². The standard InChI is InChI=1S/C19H39N5O2.HI/c1-7-15(8-2)17(23(5)6)14-21-18(20-4)22-16-10-12-24(13-11-16)19(25)26-9-3;/h15-17H,7-14H2,1-6H3,(H2,20,21,22);1H. The number of rotatable bonds is 8. The number of piperidine rings is 1. The zero-order valence-electron chi connectivity index (χ0n) is 18.0. The van der Waals surface area contributed by atoms with Crippen LogP contribution in [-0.4, -0.2) is 81.3 Å². The van der Waals surface area contributed by atoms with Crippen LogP contribution in [0.3, 0.4) is 0 Å². The highest BCUT2D eigenvalue weighted by Crippen LogP contribution is 2.16. The Hall–Kier alpha value is -0.770. The van der Waals surface area contributed by atoms with Crippen LogP contribution in [0.5, 0.6) is 0 Å². The Bertz CT molecular complexity index is 436. The molecule has 0 aromatic carbocycles. The Morgan fingerprint density at radius 3 is 2.26 bits per heavy atom. The molecule has 0 spiro atoms. The third-order valence-electron chi connectivity index (χ3n) is 5.32. The van der Waals surface area contributed by atoms with Crippen LogP contribution in [0.25, 0.3) is 0 Å². The van der Waals surface area contributed by atoms with Gasteiger partial charge in [-0.05, 0) is 39.8 Å². The summed E-state index contributed by atoms with van der Waals surface area (Å²) in [5, 5.41) is 7.00. The maximum atomic E-state index is 11.8. The van der Waals surface area contributed by atoms with Crippen LogP contribution in [0.4, 0.5) is 4.79 Å². The smallest absolute Gasteiger partial charge is 0.409 e. The quantitative estimate of drug-likeness (QED) is 0.307. The molecule has 7 nitrogen and oxygen atoms in total. The van der Waals surface area contributed by atoms with Crippen LogP contribution in [0.1, 0.15) is 46.5 Å². The highest BCUT2D eigenvalue weighted by Gasteiger charge is 2.25. The number of hydrogen-bond acceptors (Lipinski definition) is 4. The van der Waals surface area contributed by atoms with Gasteiger partial charge in [0.05, 0.1) is 6.61 Å². The lowest BCUT2D eigenvalue weighted by Crippen LogP contribution is -2.52. The molecule has 0 aliphatic carbocycles. The van der Waals surface area contributed by atoms with Gasteiger partial charge in [-0.1, -0.05) is 26.7 Å². The van der Waals surface area contributed by atoms with Gasteiger partial charge in [0.1, 0.15) is 0 Å². The summed E-state index contributed by atoms with van der Waals surface area (Å²) in [6.07, 6.45) is 3.97. The van der Waals surface area contributed by atoms with Crippen molar-refractivity contribution in [3.63, 3.8) is 0 Å². The number of nitrogens with zero attached hydrogens (tertiary/aromatic N) is 3. The van der Waals surface area contributed by atoms with E-state index in [4.69, 9.17) is 4.74 Å². The van der Waals surface area contributed by atoms with E-state index in [0.29, 0.717) is 24.6 Å². The molecule has 1 aliphatic rings. The van der Waals surface area contributed by atoms with Gasteiger partial charge in [-0.15, -0.1) is 24.0 Å². The minimum Gasteiger partial charge on any atom is -0.450 e. The number of nitrogens with one attached hydrogen (secondary N) is 2. The lowest BCUT2D eigenvalue weighted by molar-refractivity contribution is 0.0963. The van der Waals surface area contributed by atoms with E-state index in [1.165, 1.54) is 12.8 Å². The monoisotopic (exact) mass is 497 g/mol. The SMILES string of the molecule is CCOC(=O)N1CCC(NC(=NC)NCC(C(CC)CC)N(C)C)CC1.I. The van der Waals surface area contributed by atoms with Gasteiger partial charge in [0, 0.05) is 38.8 Å². The maximum Gasteiger partial charge on any atom is 0.409 e. The minimum atomic E-state index is -0.201. The first-order valence-electron chi connectivity index (χ1n) is 10.0. The summed E-state index contributed by atoms with van der Waals surface area (Å²) in [6, 6.07) is 0.812. The number of ether oxygens (including phenoxy) is 1. The fourth-order valence-corrected chi connectivity index (χ4v) is 3.61. The Kier molecular flexibility index (Phi) is 13.9. The average Bonchev–Trinajstić information content (AvgIpc) is 2.64. The number of aliphatic imine (C=N–C) groups is 1. The van der Waals surface area contributed by atoms with Crippen LogP contribution >= 0.6 is 24.0 Å². The highest BCUT2D eigenvalue weighted by molar-refractivity contribution is 14.0. The van der Waals surface area contributed by atoms with E-state index < -0.39 is 0 Å². The van der Waals surface area contributed by atoms with Crippen molar-refractivity contribution in [3.8, 4) is 0 Å². The first-order chi connectivity index (χ1) is 12.5. The van der Waals surface area contributed by atoms with Gasteiger partial charge in [-0.25, -0.2) is 4.79 Å². The predicted octanol–water partition coefficient (Wildman–Crippen LogP) is 2.76. The Balaban J connectivity index is 0.00000676. The molecule has 160 valence electrons. The number of amides is 1. The number of likely N-dealkylation sites (N-methyl/N-ethyl adjacent to an activating group) is 1. The summed E-state index contributed by atoms with van der Waals surface area (Å²) >= 11 is 0. The highest BCUT2D eigenvalue weighted by atomic mass is 127. The molecule has 0 aromatic heterocycles. The van der Waals surface area contributed by atoms with Gasteiger partial charge in [0.25, 0.3) is 0 Å². The van der Waals surface area contributed by atoms with E-state index in [9.17, 15) is 4.79 Å². The molecule has 1 amide bonds. The van der Waals surface area contributed by atoms with Crippen molar-refractivity contribution in [2.24, 2.45) is 10.9 Å². The van der Waals surface area contributed by atoms with E-state index in [1.807, 2.05) is 14.0 Å². The van der Waals surface area contributed by atoms with Gasteiger partial charge in [0.2, 0.25) is 0 Å². The van der Waals surface area contributed by atoms with Crippen molar-refractivity contribution in [3.05, 3.63) is 0 Å². The molecule has 1 heterocycles. The summed E-state index contributed by atoms with van der Waals surface area (Å²) in [4.78, 5) is 20.3. The fraction of sp³-hybridized carbons (Fsp3) is 0.895. The van der Waals surface area contributed by atoms with Crippen molar-refractivity contribution < 1.29 is 9.53 Å². The van der Waals surface area contributed by atoms with Crippen LogP contribution in [0, 0.1) is 5.92 Å². The van der Waals surface area contributed by atoms with Gasteiger partial charge >= 0.3 is 6.09 Å². The Morgan fingerprint density at radius 1 is 1.22 bits per heavy atom. The molecule has 8 heteroatoms. The number of carbonyl (C=O) groups is 1. The second-order valence-electron chi connectivity index (χ2n) is 7.17. The summed E-state index contributed by atoms with van der Waals surface area (Å²) in [5.41, 5.74) is 0. The number of guanidine groups is 1. The summed E-state index contributed by atoms with van der Waals surface area (Å²) in [6.45, 7) is 9.11. The molecule has 1 saturated heterocycles. The zero-order chi connectivity index (χ0) is 19.5. The molecule has 0 aromatic rings. The minimum absolute atomic E-state index is 0. The number of carbonyl (C=O) groups excluding carboxylic acids is 1. The topological polar surface area (TPSA) is 69.2 Å². The van der Waals surface area contributed by atoms with Crippen LogP contribution in [-0.2, 0) is 4.74 Å². The second-order valence-corrected chi connectivity index (χ2v) is 7.17. The van der Waals surface area contributed by atoms with Gasteiger partial charge in [0.15, 0.2) is 5.96 Å². The fourth-order valence-electron chi connectivity index (χ4n) is 3.61. The normalized spacial score (nSPS) is 16.9. The predicted molar refractivity (Wildman–Crippen MR) is 123 cm³/mol. The van der Waals surface area contributed by atoms with Crippen molar-refractivity contribution in [2.45, 2.75) is 58.5 Å². The Morgan fingerprint density at radius 2 is 1.81 bits per heavy atom. The molecule has 1 fully saturated rings. The zero-order valence-corrected chi connectivity index (χ0v) is 20.3. The largest absolute Gasteiger partial charge is 0.450 e. The van der Waals surface area contributed by atoms with Gasteiger partial charge in [-0.3, -0.25) is 4.99 Å². The molecule has 27 heavy (non-hydrogen) atoms. The maximum absolute atomic E-state index is 11.8. The summed E-state index contributed by atoms with van der Waals surface area (Å²) in [7, 11) is 6.10.